The van der Waals surface area contributed by atoms with E-state index in [9.17, 15) is 0 Å². The van der Waals surface area contributed by atoms with Gasteiger partial charge in [-0.15, -0.1) is 11.3 Å². The first-order chi connectivity index (χ1) is 7.79. The molecule has 1 unspecified atom stereocenters. The van der Waals surface area contributed by atoms with Crippen LogP contribution in [0.3, 0.4) is 0 Å². The van der Waals surface area contributed by atoms with E-state index in [0.717, 1.165) is 32.6 Å². The molecule has 1 aromatic heterocycles. The van der Waals surface area contributed by atoms with Crippen LogP contribution in [0.5, 0.6) is 0 Å². The van der Waals surface area contributed by atoms with Gasteiger partial charge in [-0.3, -0.25) is 0 Å². The van der Waals surface area contributed by atoms with E-state index >= 15 is 0 Å². The van der Waals surface area contributed by atoms with Crippen LogP contribution in [-0.2, 0) is 4.74 Å². The van der Waals surface area contributed by atoms with E-state index in [1.807, 2.05) is 11.3 Å². The standard InChI is InChI=1S/C13H23NOS/c1-4-7-14-13(10-15-8-5-2)12-6-9-16-11(12)3/h6,9,13-14H,4-5,7-8,10H2,1-3H3. The Morgan fingerprint density at radius 2 is 2.19 bits per heavy atom. The number of aryl methyl sites for hydroxylation is 1. The molecule has 1 aromatic rings. The topological polar surface area (TPSA) is 21.3 Å². The first-order valence-electron chi connectivity index (χ1n) is 6.14. The lowest BCUT2D eigenvalue weighted by Gasteiger charge is -2.18. The zero-order chi connectivity index (χ0) is 11.8. The number of rotatable bonds is 8. The molecule has 0 aromatic carbocycles. The molecule has 1 N–H and O–H groups in total. The van der Waals surface area contributed by atoms with Crippen LogP contribution in [0.4, 0.5) is 0 Å². The van der Waals surface area contributed by atoms with Gasteiger partial charge in [0, 0.05) is 11.5 Å². The van der Waals surface area contributed by atoms with Crippen molar-refractivity contribution in [2.75, 3.05) is 19.8 Å². The molecule has 0 bridgehead atoms. The van der Waals surface area contributed by atoms with Gasteiger partial charge < -0.3 is 10.1 Å². The van der Waals surface area contributed by atoms with Crippen molar-refractivity contribution in [2.24, 2.45) is 0 Å². The van der Waals surface area contributed by atoms with Crippen molar-refractivity contribution in [3.63, 3.8) is 0 Å². The Labute approximate surface area is 103 Å². The molecule has 3 heteroatoms. The molecule has 92 valence electrons. The third kappa shape index (κ3) is 4.24. The van der Waals surface area contributed by atoms with Crippen molar-refractivity contribution in [2.45, 2.75) is 39.7 Å². The molecule has 16 heavy (non-hydrogen) atoms. The zero-order valence-electron chi connectivity index (χ0n) is 10.6. The average molecular weight is 241 g/mol. The lowest BCUT2D eigenvalue weighted by Crippen LogP contribution is -2.26. The Morgan fingerprint density at radius 3 is 2.75 bits per heavy atom. The maximum Gasteiger partial charge on any atom is 0.0661 e. The van der Waals surface area contributed by atoms with Crippen LogP contribution in [0.15, 0.2) is 11.4 Å². The Hall–Kier alpha value is -0.380. The fourth-order valence-corrected chi connectivity index (χ4v) is 2.44. The zero-order valence-corrected chi connectivity index (χ0v) is 11.4. The van der Waals surface area contributed by atoms with Crippen LogP contribution in [0.2, 0.25) is 0 Å². The normalized spacial score (nSPS) is 12.9. The number of hydrogen-bond donors (Lipinski definition) is 1. The van der Waals surface area contributed by atoms with Crippen LogP contribution >= 0.6 is 11.3 Å². The van der Waals surface area contributed by atoms with Crippen molar-refractivity contribution < 1.29 is 4.74 Å². The van der Waals surface area contributed by atoms with Crippen LogP contribution in [0, 0.1) is 6.92 Å². The number of hydrogen-bond acceptors (Lipinski definition) is 3. The van der Waals surface area contributed by atoms with Crippen molar-refractivity contribution in [1.29, 1.82) is 0 Å². The summed E-state index contributed by atoms with van der Waals surface area (Å²) in [6.07, 6.45) is 2.25. The fraction of sp³-hybridized carbons (Fsp3) is 0.692. The Kier molecular flexibility index (Phi) is 6.69. The first-order valence-corrected chi connectivity index (χ1v) is 7.02. The van der Waals surface area contributed by atoms with Gasteiger partial charge >= 0.3 is 0 Å². The minimum Gasteiger partial charge on any atom is -0.379 e. The highest BCUT2D eigenvalue weighted by Crippen LogP contribution is 2.22. The van der Waals surface area contributed by atoms with E-state index in [2.05, 4.69) is 37.5 Å². The molecule has 1 rings (SSSR count). The quantitative estimate of drug-likeness (QED) is 0.703. The van der Waals surface area contributed by atoms with Crippen molar-refractivity contribution in [3.8, 4) is 0 Å². The molecule has 1 atom stereocenters. The Balaban J connectivity index is 2.53. The summed E-state index contributed by atoms with van der Waals surface area (Å²) in [5, 5.41) is 5.71. The number of thiophene rings is 1. The van der Waals surface area contributed by atoms with Crippen molar-refractivity contribution in [1.82, 2.24) is 5.32 Å². The highest BCUT2D eigenvalue weighted by atomic mass is 32.1. The molecule has 0 spiro atoms. The van der Waals surface area contributed by atoms with E-state index in [0.29, 0.717) is 6.04 Å². The summed E-state index contributed by atoms with van der Waals surface area (Å²) in [4.78, 5) is 1.40. The van der Waals surface area contributed by atoms with Gasteiger partial charge in [-0.05, 0) is 43.3 Å². The molecule has 0 saturated carbocycles. The molecule has 0 fully saturated rings. The maximum absolute atomic E-state index is 5.66. The van der Waals surface area contributed by atoms with Gasteiger partial charge in [-0.2, -0.15) is 0 Å². The smallest absolute Gasteiger partial charge is 0.0661 e. The lowest BCUT2D eigenvalue weighted by atomic mass is 10.1. The van der Waals surface area contributed by atoms with Gasteiger partial charge in [-0.25, -0.2) is 0 Å². The van der Waals surface area contributed by atoms with Crippen LogP contribution in [0.1, 0.15) is 43.2 Å². The van der Waals surface area contributed by atoms with Gasteiger partial charge in [0.15, 0.2) is 0 Å². The van der Waals surface area contributed by atoms with Gasteiger partial charge in [0.25, 0.3) is 0 Å². The summed E-state index contributed by atoms with van der Waals surface area (Å²) in [6, 6.07) is 2.57. The second kappa shape index (κ2) is 7.82. The minimum atomic E-state index is 0.359. The van der Waals surface area contributed by atoms with Crippen LogP contribution < -0.4 is 5.32 Å². The summed E-state index contributed by atoms with van der Waals surface area (Å²) in [6.45, 7) is 9.20. The highest BCUT2D eigenvalue weighted by molar-refractivity contribution is 7.10. The molecule has 0 aliphatic carbocycles. The average Bonchev–Trinajstić information content (AvgIpc) is 2.70. The molecule has 1 heterocycles. The monoisotopic (exact) mass is 241 g/mol. The Morgan fingerprint density at radius 1 is 1.38 bits per heavy atom. The first kappa shape index (κ1) is 13.7. The molecule has 0 amide bonds. The van der Waals surface area contributed by atoms with E-state index in [1.165, 1.54) is 10.4 Å². The van der Waals surface area contributed by atoms with Gasteiger partial charge in [0.05, 0.1) is 12.6 Å². The molecule has 2 nitrogen and oxygen atoms in total. The Bertz CT molecular complexity index is 285. The van der Waals surface area contributed by atoms with Gasteiger partial charge in [0.1, 0.15) is 0 Å². The largest absolute Gasteiger partial charge is 0.379 e. The van der Waals surface area contributed by atoms with Gasteiger partial charge in [0.2, 0.25) is 0 Å². The van der Waals surface area contributed by atoms with E-state index in [4.69, 9.17) is 4.74 Å². The molecule has 0 aliphatic rings. The fourth-order valence-electron chi connectivity index (χ4n) is 1.68. The predicted octanol–water partition coefficient (Wildman–Crippen LogP) is 3.52. The third-order valence-electron chi connectivity index (χ3n) is 2.55. The minimum absolute atomic E-state index is 0.359. The third-order valence-corrected chi connectivity index (χ3v) is 3.41. The molecular weight excluding hydrogens is 218 g/mol. The van der Waals surface area contributed by atoms with Crippen molar-refractivity contribution >= 4 is 11.3 Å². The van der Waals surface area contributed by atoms with Crippen molar-refractivity contribution in [3.05, 3.63) is 21.9 Å². The summed E-state index contributed by atoms with van der Waals surface area (Å²) in [5.41, 5.74) is 1.40. The summed E-state index contributed by atoms with van der Waals surface area (Å²) < 4.78 is 5.66. The molecule has 0 aliphatic heterocycles. The van der Waals surface area contributed by atoms with E-state index in [-0.39, 0.29) is 0 Å². The second-order valence-corrected chi connectivity index (χ2v) is 5.13. The summed E-state index contributed by atoms with van der Waals surface area (Å²) >= 11 is 1.81. The SMILES string of the molecule is CCCNC(COCCC)c1ccsc1C. The molecule has 0 radical (unpaired) electrons. The summed E-state index contributed by atoms with van der Waals surface area (Å²) in [7, 11) is 0. The summed E-state index contributed by atoms with van der Waals surface area (Å²) in [5.74, 6) is 0. The number of nitrogens with one attached hydrogen (secondary N) is 1. The lowest BCUT2D eigenvalue weighted by molar-refractivity contribution is 0.112. The van der Waals surface area contributed by atoms with E-state index < -0.39 is 0 Å². The molecule has 0 saturated heterocycles. The van der Waals surface area contributed by atoms with Gasteiger partial charge in [-0.1, -0.05) is 13.8 Å². The predicted molar refractivity (Wildman–Crippen MR) is 71.2 cm³/mol. The number of ether oxygens (including phenoxy) is 1. The van der Waals surface area contributed by atoms with Crippen LogP contribution in [0.25, 0.3) is 0 Å². The van der Waals surface area contributed by atoms with E-state index in [1.54, 1.807) is 0 Å². The van der Waals surface area contributed by atoms with Crippen LogP contribution in [-0.4, -0.2) is 19.8 Å². The second-order valence-electron chi connectivity index (χ2n) is 4.01. The molecular formula is C13H23NOS. The maximum atomic E-state index is 5.66. The highest BCUT2D eigenvalue weighted by Gasteiger charge is 2.13.